The van der Waals surface area contributed by atoms with Crippen molar-refractivity contribution in [1.82, 2.24) is 0 Å². The number of carbonyl (C=O) groups excluding carboxylic acids is 1. The number of nitrogens with one attached hydrogen (secondary N) is 1. The number of anilines is 1. The summed E-state index contributed by atoms with van der Waals surface area (Å²) in [7, 11) is 0. The van der Waals surface area contributed by atoms with Crippen LogP contribution in [0.25, 0.3) is 6.08 Å². The van der Waals surface area contributed by atoms with Gasteiger partial charge in [-0.2, -0.15) is 5.26 Å². The van der Waals surface area contributed by atoms with E-state index in [9.17, 15) is 26.7 Å². The van der Waals surface area contributed by atoms with E-state index in [0.29, 0.717) is 18.1 Å². The molecule has 2 aromatic rings. The molecule has 0 aliphatic carbocycles. The molecule has 0 spiro atoms. The smallest absolute Gasteiger partial charge is 0.266 e. The molecule has 0 unspecified atom stereocenters. The van der Waals surface area contributed by atoms with Crippen molar-refractivity contribution < 1.29 is 36.2 Å². The number of carbonyl (C=O) groups is 1. The highest BCUT2D eigenvalue weighted by Gasteiger charge is 2.25. The van der Waals surface area contributed by atoms with E-state index in [0.717, 1.165) is 0 Å². The molecule has 0 bridgehead atoms. The Balaban J connectivity index is 1.92. The average Bonchev–Trinajstić information content (AvgIpc) is 2.71. The van der Waals surface area contributed by atoms with Gasteiger partial charge in [-0.15, -0.1) is 0 Å². The summed E-state index contributed by atoms with van der Waals surface area (Å²) < 4.78 is 77.7. The van der Waals surface area contributed by atoms with Crippen LogP contribution < -0.4 is 14.8 Å². The Hall–Kier alpha value is -3.61. The minimum atomic E-state index is -2.34. The van der Waals surface area contributed by atoms with Crippen molar-refractivity contribution >= 4 is 17.7 Å². The fourth-order valence-electron chi connectivity index (χ4n) is 2.36. The van der Waals surface area contributed by atoms with Crippen LogP contribution in [-0.2, 0) is 4.79 Å². The second kappa shape index (κ2) is 7.56. The zero-order chi connectivity index (χ0) is 20.4. The second-order valence-electron chi connectivity index (χ2n) is 5.47. The molecule has 0 saturated carbocycles. The molecule has 0 atom stereocenters. The predicted octanol–water partition coefficient (Wildman–Crippen LogP) is 3.70. The molecule has 1 amide bonds. The third-order valence-electron chi connectivity index (χ3n) is 3.70. The lowest BCUT2D eigenvalue weighted by Crippen LogP contribution is -2.17. The van der Waals surface area contributed by atoms with Crippen LogP contribution in [0.15, 0.2) is 23.8 Å². The number of halogens is 5. The van der Waals surface area contributed by atoms with Crippen LogP contribution in [0.3, 0.4) is 0 Å². The maximum absolute atomic E-state index is 13.7. The van der Waals surface area contributed by atoms with Crippen molar-refractivity contribution in [2.45, 2.75) is 0 Å². The van der Waals surface area contributed by atoms with Crippen LogP contribution in [0, 0.1) is 40.4 Å². The van der Waals surface area contributed by atoms with Crippen molar-refractivity contribution in [2.24, 2.45) is 0 Å². The Morgan fingerprint density at radius 2 is 1.54 bits per heavy atom. The fraction of sp³-hybridized carbons (Fsp3) is 0.111. The molecule has 28 heavy (non-hydrogen) atoms. The van der Waals surface area contributed by atoms with E-state index in [2.05, 4.69) is 5.32 Å². The summed E-state index contributed by atoms with van der Waals surface area (Å²) in [5, 5.41) is 11.3. The van der Waals surface area contributed by atoms with E-state index in [-0.39, 0.29) is 18.4 Å². The molecule has 0 saturated heterocycles. The van der Waals surface area contributed by atoms with Gasteiger partial charge in [-0.1, -0.05) is 0 Å². The molecule has 10 heteroatoms. The van der Waals surface area contributed by atoms with Crippen molar-refractivity contribution in [3.05, 3.63) is 58.4 Å². The summed E-state index contributed by atoms with van der Waals surface area (Å²) in [6.07, 6.45) is 0.281. The Morgan fingerprint density at radius 3 is 2.14 bits per heavy atom. The minimum absolute atomic E-state index is 0.160. The highest BCUT2D eigenvalue weighted by atomic mass is 19.2. The largest absolute Gasteiger partial charge is 0.486 e. The van der Waals surface area contributed by atoms with Crippen LogP contribution in [0.4, 0.5) is 27.6 Å². The quantitative estimate of drug-likeness (QED) is 0.282. The zero-order valence-electron chi connectivity index (χ0n) is 13.8. The molecular formula is C18H9F5N2O3. The molecule has 0 fully saturated rings. The number of nitriles is 1. The number of benzene rings is 2. The summed E-state index contributed by atoms with van der Waals surface area (Å²) in [5.41, 5.74) is -2.11. The number of fused-ring (bicyclic) bond motifs is 1. The first-order valence-electron chi connectivity index (χ1n) is 7.67. The van der Waals surface area contributed by atoms with E-state index in [1.54, 1.807) is 0 Å². The third kappa shape index (κ3) is 3.46. The first-order valence-corrected chi connectivity index (χ1v) is 7.67. The van der Waals surface area contributed by atoms with E-state index < -0.39 is 46.1 Å². The highest BCUT2D eigenvalue weighted by Crippen LogP contribution is 2.33. The average molecular weight is 396 g/mol. The van der Waals surface area contributed by atoms with Crippen molar-refractivity contribution in [2.75, 3.05) is 18.5 Å². The molecule has 5 nitrogen and oxygen atoms in total. The number of hydrogen-bond donors (Lipinski definition) is 1. The second-order valence-corrected chi connectivity index (χ2v) is 5.47. The van der Waals surface area contributed by atoms with Crippen molar-refractivity contribution in [1.29, 1.82) is 5.26 Å². The van der Waals surface area contributed by atoms with Crippen LogP contribution in [0.1, 0.15) is 5.56 Å². The first-order chi connectivity index (χ1) is 13.3. The Kier molecular flexibility index (Phi) is 5.17. The van der Waals surface area contributed by atoms with Gasteiger partial charge < -0.3 is 14.8 Å². The van der Waals surface area contributed by atoms with E-state index >= 15 is 0 Å². The minimum Gasteiger partial charge on any atom is -0.486 e. The lowest BCUT2D eigenvalue weighted by atomic mass is 10.1. The molecule has 144 valence electrons. The molecule has 0 radical (unpaired) electrons. The molecule has 2 aromatic carbocycles. The molecule has 3 rings (SSSR count). The van der Waals surface area contributed by atoms with Crippen LogP contribution in [0.2, 0.25) is 0 Å². The molecule has 0 aromatic heterocycles. The van der Waals surface area contributed by atoms with Gasteiger partial charge in [-0.3, -0.25) is 4.79 Å². The maximum Gasteiger partial charge on any atom is 0.266 e. The zero-order valence-corrected chi connectivity index (χ0v) is 13.8. The summed E-state index contributed by atoms with van der Waals surface area (Å²) >= 11 is 0. The van der Waals surface area contributed by atoms with Crippen molar-refractivity contribution in [3.8, 4) is 17.6 Å². The van der Waals surface area contributed by atoms with Gasteiger partial charge in [-0.05, 0) is 18.2 Å². The van der Waals surface area contributed by atoms with Gasteiger partial charge in [-0.25, -0.2) is 22.0 Å². The lowest BCUT2D eigenvalue weighted by Gasteiger charge is -2.18. The first kappa shape index (κ1) is 19.2. The van der Waals surface area contributed by atoms with E-state index in [1.165, 1.54) is 24.3 Å². The van der Waals surface area contributed by atoms with Gasteiger partial charge in [0.1, 0.15) is 24.9 Å². The highest BCUT2D eigenvalue weighted by molar-refractivity contribution is 6.09. The number of nitrogens with zero attached hydrogens (tertiary/aromatic N) is 1. The number of ether oxygens (including phenoxy) is 2. The van der Waals surface area contributed by atoms with Gasteiger partial charge in [0.2, 0.25) is 5.82 Å². The maximum atomic E-state index is 13.7. The van der Waals surface area contributed by atoms with Gasteiger partial charge in [0.15, 0.2) is 34.8 Å². The van der Waals surface area contributed by atoms with E-state index in [4.69, 9.17) is 14.7 Å². The van der Waals surface area contributed by atoms with Crippen LogP contribution in [-0.4, -0.2) is 19.1 Å². The van der Waals surface area contributed by atoms with Crippen LogP contribution in [0.5, 0.6) is 11.5 Å². The predicted molar refractivity (Wildman–Crippen MR) is 85.9 cm³/mol. The Bertz CT molecular complexity index is 1020. The summed E-state index contributed by atoms with van der Waals surface area (Å²) in [5.74, 6) is -11.4. The molecule has 1 heterocycles. The summed E-state index contributed by atoms with van der Waals surface area (Å²) in [6.45, 7) is 0.635. The summed E-state index contributed by atoms with van der Waals surface area (Å²) in [4.78, 5) is 12.2. The SMILES string of the molecule is N#C/C(=C\c1c(F)c(F)c(F)c(F)c1F)C(=O)Nc1ccc2c(c1)OCCO2. The third-order valence-corrected chi connectivity index (χ3v) is 3.70. The van der Waals surface area contributed by atoms with Crippen molar-refractivity contribution in [3.63, 3.8) is 0 Å². The lowest BCUT2D eigenvalue weighted by molar-refractivity contribution is -0.112. The number of rotatable bonds is 3. The number of hydrogen-bond acceptors (Lipinski definition) is 4. The normalized spacial score (nSPS) is 13.1. The molecular weight excluding hydrogens is 387 g/mol. The Labute approximate surface area is 154 Å². The molecule has 1 N–H and O–H groups in total. The molecule has 1 aliphatic heterocycles. The monoisotopic (exact) mass is 396 g/mol. The standard InChI is InChI=1S/C18H9F5N2O3/c19-13-10(14(20)16(22)17(23)15(13)21)5-8(7-24)18(26)25-9-1-2-11-12(6-9)28-4-3-27-11/h1-2,5-6H,3-4H2,(H,25,26)/b8-5+. The van der Waals surface area contributed by atoms with Gasteiger partial charge in [0.05, 0.1) is 5.56 Å². The van der Waals surface area contributed by atoms with Gasteiger partial charge >= 0.3 is 0 Å². The van der Waals surface area contributed by atoms with Gasteiger partial charge in [0, 0.05) is 11.8 Å². The van der Waals surface area contributed by atoms with Gasteiger partial charge in [0.25, 0.3) is 5.91 Å². The summed E-state index contributed by atoms with van der Waals surface area (Å²) in [6, 6.07) is 5.66. The van der Waals surface area contributed by atoms with Crippen LogP contribution >= 0.6 is 0 Å². The fourth-order valence-corrected chi connectivity index (χ4v) is 2.36. The number of amides is 1. The molecule has 1 aliphatic rings. The topological polar surface area (TPSA) is 71.4 Å². The Morgan fingerprint density at radius 1 is 0.964 bits per heavy atom. The van der Waals surface area contributed by atoms with E-state index in [1.807, 2.05) is 0 Å².